The van der Waals surface area contributed by atoms with E-state index >= 15 is 0 Å². The summed E-state index contributed by atoms with van der Waals surface area (Å²) in [6, 6.07) is 15.0. The van der Waals surface area contributed by atoms with Crippen LogP contribution in [0.5, 0.6) is 11.5 Å². The van der Waals surface area contributed by atoms with Crippen molar-refractivity contribution < 1.29 is 14.3 Å². The highest BCUT2D eigenvalue weighted by atomic mass is 32.1. The highest BCUT2D eigenvalue weighted by Gasteiger charge is 2.19. The van der Waals surface area contributed by atoms with E-state index in [1.165, 1.54) is 11.3 Å². The van der Waals surface area contributed by atoms with Gasteiger partial charge in [0.05, 0.1) is 24.4 Å². The van der Waals surface area contributed by atoms with Gasteiger partial charge < -0.3 is 19.7 Å². The molecule has 7 heteroatoms. The number of thiazole rings is 1. The summed E-state index contributed by atoms with van der Waals surface area (Å²) in [4.78, 5) is 19.0. The van der Waals surface area contributed by atoms with E-state index in [1.54, 1.807) is 24.8 Å². The van der Waals surface area contributed by atoms with Crippen LogP contribution in [0.3, 0.4) is 0 Å². The Bertz CT molecular complexity index is 929. The first-order valence-electron chi connectivity index (χ1n) is 9.26. The fraction of sp³-hybridized carbons (Fsp3) is 0.273. The zero-order valence-corrected chi connectivity index (χ0v) is 17.6. The Morgan fingerprint density at radius 1 is 1.21 bits per heavy atom. The molecule has 0 fully saturated rings. The van der Waals surface area contributed by atoms with Crippen LogP contribution in [0.15, 0.2) is 59.4 Å². The van der Waals surface area contributed by atoms with Crippen LogP contribution in [-0.2, 0) is 6.61 Å². The standard InChI is InChI=1S/C22H25N3O3S/c1-25(2)20(19-9-4-5-10-21(19)27-3)12-23-22(26)16-7-6-8-18(11-16)28-13-17-14-29-15-24-17/h4-11,14-15,20H,12-13H2,1-3H3,(H,23,26). The highest BCUT2D eigenvalue weighted by molar-refractivity contribution is 7.07. The van der Waals surface area contributed by atoms with Gasteiger partial charge in [0.2, 0.25) is 0 Å². The number of ether oxygens (including phenoxy) is 2. The minimum Gasteiger partial charge on any atom is -0.496 e. The topological polar surface area (TPSA) is 63.7 Å². The summed E-state index contributed by atoms with van der Waals surface area (Å²) in [6.45, 7) is 0.835. The molecule has 1 amide bonds. The summed E-state index contributed by atoms with van der Waals surface area (Å²) in [6.07, 6.45) is 0. The molecule has 152 valence electrons. The van der Waals surface area contributed by atoms with Crippen molar-refractivity contribution in [3.8, 4) is 11.5 Å². The molecule has 3 aromatic rings. The minimum atomic E-state index is -0.147. The fourth-order valence-corrected chi connectivity index (χ4v) is 3.54. The molecule has 3 rings (SSSR count). The molecule has 1 atom stereocenters. The molecule has 0 saturated heterocycles. The third-order valence-electron chi connectivity index (χ3n) is 4.54. The third kappa shape index (κ3) is 5.56. The molecule has 0 radical (unpaired) electrons. The predicted molar refractivity (Wildman–Crippen MR) is 115 cm³/mol. The van der Waals surface area contributed by atoms with E-state index in [2.05, 4.69) is 15.2 Å². The minimum absolute atomic E-state index is 0.0146. The number of hydrogen-bond donors (Lipinski definition) is 1. The molecule has 0 spiro atoms. The summed E-state index contributed by atoms with van der Waals surface area (Å²) < 4.78 is 11.2. The van der Waals surface area contributed by atoms with Crippen LogP contribution >= 0.6 is 11.3 Å². The molecule has 1 aromatic heterocycles. The number of para-hydroxylation sites is 1. The van der Waals surface area contributed by atoms with E-state index < -0.39 is 0 Å². The van der Waals surface area contributed by atoms with Gasteiger partial charge in [-0.1, -0.05) is 24.3 Å². The lowest BCUT2D eigenvalue weighted by Crippen LogP contribution is -2.34. The Morgan fingerprint density at radius 2 is 2.03 bits per heavy atom. The number of methoxy groups -OCH3 is 1. The van der Waals surface area contributed by atoms with E-state index in [0.717, 1.165) is 17.0 Å². The van der Waals surface area contributed by atoms with Gasteiger partial charge in [-0.25, -0.2) is 4.98 Å². The van der Waals surface area contributed by atoms with Crippen LogP contribution < -0.4 is 14.8 Å². The van der Waals surface area contributed by atoms with Crippen LogP contribution in [0, 0.1) is 0 Å². The molecule has 0 aliphatic heterocycles. The maximum atomic E-state index is 12.7. The number of hydrogen-bond acceptors (Lipinski definition) is 6. The zero-order chi connectivity index (χ0) is 20.6. The van der Waals surface area contributed by atoms with Crippen LogP contribution in [0.25, 0.3) is 0 Å². The summed E-state index contributed by atoms with van der Waals surface area (Å²) in [5.41, 5.74) is 4.22. The molecule has 0 aliphatic carbocycles. The first-order chi connectivity index (χ1) is 14.1. The SMILES string of the molecule is COc1ccccc1C(CNC(=O)c1cccc(OCc2cscn2)c1)N(C)C. The van der Waals surface area contributed by atoms with Crippen LogP contribution in [-0.4, -0.2) is 43.5 Å². The number of nitrogens with zero attached hydrogens (tertiary/aromatic N) is 2. The molecular formula is C22H25N3O3S. The first-order valence-corrected chi connectivity index (χ1v) is 10.2. The number of carbonyl (C=O) groups excluding carboxylic acids is 1. The van der Waals surface area contributed by atoms with E-state index in [9.17, 15) is 4.79 Å². The number of rotatable bonds is 9. The lowest BCUT2D eigenvalue weighted by Gasteiger charge is -2.26. The van der Waals surface area contributed by atoms with Gasteiger partial charge in [-0.15, -0.1) is 11.3 Å². The van der Waals surface area contributed by atoms with E-state index in [-0.39, 0.29) is 11.9 Å². The second kappa shape index (κ2) is 10.0. The highest BCUT2D eigenvalue weighted by Crippen LogP contribution is 2.27. The van der Waals surface area contributed by atoms with Gasteiger partial charge in [0.25, 0.3) is 5.91 Å². The van der Waals surface area contributed by atoms with Gasteiger partial charge in [-0.3, -0.25) is 4.79 Å². The predicted octanol–water partition coefficient (Wildman–Crippen LogP) is 3.76. The molecule has 0 saturated carbocycles. The molecule has 0 aliphatic rings. The molecule has 0 bridgehead atoms. The van der Waals surface area contributed by atoms with Gasteiger partial charge in [-0.2, -0.15) is 0 Å². The summed E-state index contributed by atoms with van der Waals surface area (Å²) in [5.74, 6) is 1.29. The van der Waals surface area contributed by atoms with Crippen LogP contribution in [0.4, 0.5) is 0 Å². The lowest BCUT2D eigenvalue weighted by atomic mass is 10.0. The lowest BCUT2D eigenvalue weighted by molar-refractivity contribution is 0.0941. The van der Waals surface area contributed by atoms with Gasteiger partial charge in [-0.05, 0) is 38.4 Å². The zero-order valence-electron chi connectivity index (χ0n) is 16.8. The Morgan fingerprint density at radius 3 is 2.76 bits per heavy atom. The average molecular weight is 412 g/mol. The maximum absolute atomic E-state index is 12.7. The smallest absolute Gasteiger partial charge is 0.251 e. The number of likely N-dealkylation sites (N-methyl/N-ethyl adjacent to an activating group) is 1. The second-order valence-electron chi connectivity index (χ2n) is 6.73. The molecule has 1 heterocycles. The van der Waals surface area contributed by atoms with Crippen molar-refractivity contribution in [1.29, 1.82) is 0 Å². The second-order valence-corrected chi connectivity index (χ2v) is 7.45. The third-order valence-corrected chi connectivity index (χ3v) is 5.18. The molecule has 1 unspecified atom stereocenters. The molecular weight excluding hydrogens is 386 g/mol. The summed E-state index contributed by atoms with van der Waals surface area (Å²) in [5, 5.41) is 4.96. The summed E-state index contributed by atoms with van der Waals surface area (Å²) in [7, 11) is 5.62. The van der Waals surface area contributed by atoms with Gasteiger partial charge in [0.15, 0.2) is 0 Å². The fourth-order valence-electron chi connectivity index (χ4n) is 3.00. The Labute approximate surface area is 175 Å². The normalized spacial score (nSPS) is 11.9. The van der Waals surface area contributed by atoms with E-state index in [0.29, 0.717) is 24.5 Å². The largest absolute Gasteiger partial charge is 0.496 e. The number of amides is 1. The first kappa shape index (κ1) is 20.8. The number of aromatic nitrogens is 1. The quantitative estimate of drug-likeness (QED) is 0.581. The Kier molecular flexibility index (Phi) is 7.21. The number of carbonyl (C=O) groups is 1. The van der Waals surface area contributed by atoms with Crippen LogP contribution in [0.2, 0.25) is 0 Å². The maximum Gasteiger partial charge on any atom is 0.251 e. The van der Waals surface area contributed by atoms with Crippen molar-refractivity contribution in [3.63, 3.8) is 0 Å². The van der Waals surface area contributed by atoms with E-state index in [4.69, 9.17) is 9.47 Å². The van der Waals surface area contributed by atoms with E-state index in [1.807, 2.05) is 55.9 Å². The monoisotopic (exact) mass is 411 g/mol. The van der Waals surface area contributed by atoms with Gasteiger partial charge in [0, 0.05) is 23.1 Å². The van der Waals surface area contributed by atoms with Crippen molar-refractivity contribution in [1.82, 2.24) is 15.2 Å². The molecule has 29 heavy (non-hydrogen) atoms. The van der Waals surface area contributed by atoms with Crippen molar-refractivity contribution in [2.24, 2.45) is 0 Å². The molecule has 1 N–H and O–H groups in total. The van der Waals surface area contributed by atoms with Crippen molar-refractivity contribution in [3.05, 3.63) is 76.2 Å². The van der Waals surface area contributed by atoms with Crippen molar-refractivity contribution in [2.45, 2.75) is 12.6 Å². The van der Waals surface area contributed by atoms with Crippen molar-refractivity contribution in [2.75, 3.05) is 27.7 Å². The number of benzene rings is 2. The molecule has 6 nitrogen and oxygen atoms in total. The Hall–Kier alpha value is -2.90. The Balaban J connectivity index is 1.65. The molecule has 2 aromatic carbocycles. The number of nitrogens with one attached hydrogen (secondary N) is 1. The summed E-state index contributed by atoms with van der Waals surface area (Å²) >= 11 is 1.53. The van der Waals surface area contributed by atoms with Crippen LogP contribution in [0.1, 0.15) is 27.7 Å². The van der Waals surface area contributed by atoms with Crippen molar-refractivity contribution >= 4 is 17.2 Å². The van der Waals surface area contributed by atoms with Gasteiger partial charge >= 0.3 is 0 Å². The average Bonchev–Trinajstić information content (AvgIpc) is 3.26. The van der Waals surface area contributed by atoms with Gasteiger partial charge in [0.1, 0.15) is 18.1 Å².